The number of carbonyl (C=O) groups excluding carboxylic acids is 2. The number of hydrogen-bond donors (Lipinski definition) is 2. The van der Waals surface area contributed by atoms with E-state index in [1.807, 2.05) is 39.8 Å². The van der Waals surface area contributed by atoms with Crippen molar-refractivity contribution in [2.45, 2.75) is 63.8 Å². The van der Waals surface area contributed by atoms with Crippen LogP contribution in [0.3, 0.4) is 0 Å². The van der Waals surface area contributed by atoms with Crippen molar-refractivity contribution in [1.82, 2.24) is 15.1 Å². The van der Waals surface area contributed by atoms with Gasteiger partial charge in [-0.3, -0.25) is 4.79 Å². The molecule has 2 aliphatic rings. The second kappa shape index (κ2) is 7.27. The van der Waals surface area contributed by atoms with Crippen molar-refractivity contribution in [2.24, 2.45) is 5.92 Å². The first kappa shape index (κ1) is 19.0. The Labute approximate surface area is 144 Å². The Morgan fingerprint density at radius 2 is 1.79 bits per heavy atom. The van der Waals surface area contributed by atoms with Gasteiger partial charge in [-0.15, -0.1) is 0 Å². The molecule has 0 bridgehead atoms. The second-order valence-electron chi connectivity index (χ2n) is 8.27. The molecule has 1 heterocycles. The van der Waals surface area contributed by atoms with E-state index < -0.39 is 5.60 Å². The minimum atomic E-state index is -0.554. The average molecular weight is 341 g/mol. The molecule has 2 rings (SSSR count). The van der Waals surface area contributed by atoms with Crippen molar-refractivity contribution in [3.05, 3.63) is 0 Å². The summed E-state index contributed by atoms with van der Waals surface area (Å²) in [6.07, 6.45) is 1.28. The summed E-state index contributed by atoms with van der Waals surface area (Å²) in [5, 5.41) is 12.3. The maximum Gasteiger partial charge on any atom is 0.410 e. The number of piperidine rings is 1. The monoisotopic (exact) mass is 341 g/mol. The predicted octanol–water partition coefficient (Wildman–Crippen LogP) is 0.813. The normalized spacial score (nSPS) is 30.7. The van der Waals surface area contributed by atoms with Gasteiger partial charge in [0.1, 0.15) is 5.60 Å². The molecule has 1 saturated heterocycles. The second-order valence-corrected chi connectivity index (χ2v) is 8.27. The van der Waals surface area contributed by atoms with Crippen LogP contribution >= 0.6 is 0 Å². The van der Waals surface area contributed by atoms with Gasteiger partial charge in [-0.25, -0.2) is 4.79 Å². The molecule has 2 fully saturated rings. The number of likely N-dealkylation sites (tertiary alicyclic amines) is 1. The van der Waals surface area contributed by atoms with Gasteiger partial charge in [0.25, 0.3) is 0 Å². The maximum atomic E-state index is 12.5. The molecular weight excluding hydrogens is 310 g/mol. The molecular formula is C17H31N3O4. The van der Waals surface area contributed by atoms with Gasteiger partial charge >= 0.3 is 6.09 Å². The summed E-state index contributed by atoms with van der Waals surface area (Å²) in [6, 6.07) is 0.177. The van der Waals surface area contributed by atoms with Gasteiger partial charge in [0.15, 0.2) is 0 Å². The van der Waals surface area contributed by atoms with Crippen LogP contribution in [0, 0.1) is 5.92 Å². The van der Waals surface area contributed by atoms with Crippen LogP contribution in [0.1, 0.15) is 40.0 Å². The first-order valence-corrected chi connectivity index (χ1v) is 8.68. The molecule has 0 aromatic heterocycles. The molecule has 1 aliphatic carbocycles. The van der Waals surface area contributed by atoms with Gasteiger partial charge in [0.05, 0.1) is 12.0 Å². The number of aliphatic hydroxyl groups is 1. The zero-order valence-electron chi connectivity index (χ0n) is 15.4. The SMILES string of the molecule is CN(C)C1CC(C(=O)NC2CC(O)C2)CN(C(=O)OC(C)(C)C)C1. The van der Waals surface area contributed by atoms with Crippen LogP contribution in [0.2, 0.25) is 0 Å². The maximum absolute atomic E-state index is 12.5. The van der Waals surface area contributed by atoms with E-state index in [2.05, 4.69) is 5.32 Å². The van der Waals surface area contributed by atoms with E-state index in [0.29, 0.717) is 32.4 Å². The number of hydrogen-bond acceptors (Lipinski definition) is 5. The van der Waals surface area contributed by atoms with Crippen LogP contribution in [-0.4, -0.2) is 77.9 Å². The fraction of sp³-hybridized carbons (Fsp3) is 0.882. The van der Waals surface area contributed by atoms with Crippen molar-refractivity contribution in [3.8, 4) is 0 Å². The predicted molar refractivity (Wildman–Crippen MR) is 90.6 cm³/mol. The number of amides is 2. The van der Waals surface area contributed by atoms with E-state index in [9.17, 15) is 14.7 Å². The van der Waals surface area contributed by atoms with Crippen molar-refractivity contribution in [3.63, 3.8) is 0 Å². The summed E-state index contributed by atoms with van der Waals surface area (Å²) in [5.74, 6) is -0.289. The van der Waals surface area contributed by atoms with Gasteiger partial charge in [-0.1, -0.05) is 0 Å². The Bertz CT molecular complexity index is 469. The first-order valence-electron chi connectivity index (χ1n) is 8.68. The zero-order valence-corrected chi connectivity index (χ0v) is 15.4. The van der Waals surface area contributed by atoms with Crippen LogP contribution in [0.5, 0.6) is 0 Å². The van der Waals surface area contributed by atoms with Gasteiger partial charge in [0, 0.05) is 25.2 Å². The highest BCUT2D eigenvalue weighted by molar-refractivity contribution is 5.80. The zero-order chi connectivity index (χ0) is 18.1. The molecule has 0 aromatic carbocycles. The molecule has 0 aromatic rings. The third kappa shape index (κ3) is 5.08. The van der Waals surface area contributed by atoms with Crippen molar-refractivity contribution >= 4 is 12.0 Å². The van der Waals surface area contributed by atoms with E-state index in [4.69, 9.17) is 4.74 Å². The highest BCUT2D eigenvalue weighted by Crippen LogP contribution is 2.24. The Balaban J connectivity index is 1.99. The van der Waals surface area contributed by atoms with E-state index in [1.54, 1.807) is 4.90 Å². The van der Waals surface area contributed by atoms with Crippen LogP contribution in [0.15, 0.2) is 0 Å². The summed E-state index contributed by atoms with van der Waals surface area (Å²) < 4.78 is 5.46. The van der Waals surface area contributed by atoms with E-state index in [-0.39, 0.29) is 36.1 Å². The van der Waals surface area contributed by atoms with Gasteiger partial charge in [-0.05, 0) is 54.1 Å². The summed E-state index contributed by atoms with van der Waals surface area (Å²) >= 11 is 0. The van der Waals surface area contributed by atoms with Crippen LogP contribution in [-0.2, 0) is 9.53 Å². The standard InChI is InChI=1S/C17H31N3O4/c1-17(2,3)24-16(23)20-9-11(6-13(10-20)19(4)5)15(22)18-12-7-14(21)8-12/h11-14,21H,6-10H2,1-5H3,(H,18,22). The van der Waals surface area contributed by atoms with Gasteiger partial charge < -0.3 is 25.0 Å². The van der Waals surface area contributed by atoms with Gasteiger partial charge in [-0.2, -0.15) is 0 Å². The summed E-state index contributed by atoms with van der Waals surface area (Å²) in [4.78, 5) is 28.6. The third-order valence-corrected chi connectivity index (χ3v) is 4.64. The summed E-state index contributed by atoms with van der Waals surface area (Å²) in [5.41, 5.74) is -0.554. The number of carbonyl (C=O) groups is 2. The highest BCUT2D eigenvalue weighted by atomic mass is 16.6. The molecule has 0 spiro atoms. The average Bonchev–Trinajstić information content (AvgIpc) is 2.43. The number of ether oxygens (including phenoxy) is 1. The largest absolute Gasteiger partial charge is 0.444 e. The highest BCUT2D eigenvalue weighted by Gasteiger charge is 2.38. The molecule has 2 N–H and O–H groups in total. The fourth-order valence-electron chi connectivity index (χ4n) is 3.14. The number of likely N-dealkylation sites (N-methyl/N-ethyl adjacent to an activating group) is 1. The van der Waals surface area contributed by atoms with Crippen molar-refractivity contribution in [1.29, 1.82) is 0 Å². The third-order valence-electron chi connectivity index (χ3n) is 4.64. The Kier molecular flexibility index (Phi) is 5.75. The lowest BCUT2D eigenvalue weighted by Crippen LogP contribution is -2.56. The molecule has 1 saturated carbocycles. The molecule has 2 amide bonds. The lowest BCUT2D eigenvalue weighted by molar-refractivity contribution is -0.129. The molecule has 7 nitrogen and oxygen atoms in total. The van der Waals surface area contributed by atoms with Crippen molar-refractivity contribution < 1.29 is 19.4 Å². The molecule has 7 heteroatoms. The lowest BCUT2D eigenvalue weighted by Gasteiger charge is -2.41. The molecule has 1 aliphatic heterocycles. The van der Waals surface area contributed by atoms with Crippen molar-refractivity contribution in [2.75, 3.05) is 27.2 Å². The fourth-order valence-corrected chi connectivity index (χ4v) is 3.14. The lowest BCUT2D eigenvalue weighted by atomic mass is 9.87. The molecule has 138 valence electrons. The molecule has 2 atom stereocenters. The summed E-state index contributed by atoms with van der Waals surface area (Å²) in [7, 11) is 3.92. The Morgan fingerprint density at radius 3 is 2.29 bits per heavy atom. The number of aliphatic hydroxyl groups excluding tert-OH is 1. The van der Waals surface area contributed by atoms with E-state index >= 15 is 0 Å². The Hall–Kier alpha value is -1.34. The minimum Gasteiger partial charge on any atom is -0.444 e. The van der Waals surface area contributed by atoms with Crippen LogP contribution in [0.4, 0.5) is 4.79 Å². The smallest absolute Gasteiger partial charge is 0.410 e. The van der Waals surface area contributed by atoms with Gasteiger partial charge in [0.2, 0.25) is 5.91 Å². The quantitative estimate of drug-likeness (QED) is 0.794. The Morgan fingerprint density at radius 1 is 1.17 bits per heavy atom. The molecule has 24 heavy (non-hydrogen) atoms. The number of rotatable bonds is 3. The number of nitrogens with one attached hydrogen (secondary N) is 1. The van der Waals surface area contributed by atoms with E-state index in [0.717, 1.165) is 0 Å². The minimum absolute atomic E-state index is 0.0352. The van der Waals surface area contributed by atoms with E-state index in [1.165, 1.54) is 0 Å². The van der Waals surface area contributed by atoms with Crippen LogP contribution in [0.25, 0.3) is 0 Å². The van der Waals surface area contributed by atoms with Crippen LogP contribution < -0.4 is 5.32 Å². The first-order chi connectivity index (χ1) is 11.0. The molecule has 0 radical (unpaired) electrons. The topological polar surface area (TPSA) is 82.1 Å². The number of nitrogens with zero attached hydrogens (tertiary/aromatic N) is 2. The molecule has 2 unspecified atom stereocenters. The summed E-state index contributed by atoms with van der Waals surface area (Å²) in [6.45, 7) is 6.45.